The van der Waals surface area contributed by atoms with Gasteiger partial charge < -0.3 is 14.6 Å². The summed E-state index contributed by atoms with van der Waals surface area (Å²) in [5.41, 5.74) is 4.93. The van der Waals surface area contributed by atoms with Crippen LogP contribution in [0.5, 0.6) is 17.2 Å². The molecule has 0 radical (unpaired) electrons. The second-order valence-corrected chi connectivity index (χ2v) is 6.16. The van der Waals surface area contributed by atoms with Gasteiger partial charge in [-0.2, -0.15) is 5.10 Å². The molecule has 0 fully saturated rings. The van der Waals surface area contributed by atoms with Gasteiger partial charge in [0.05, 0.1) is 13.3 Å². The molecule has 0 saturated heterocycles. The molecule has 6 heteroatoms. The molecule has 0 aliphatic carbocycles. The van der Waals surface area contributed by atoms with Crippen molar-refractivity contribution < 1.29 is 19.4 Å². The van der Waals surface area contributed by atoms with Crippen molar-refractivity contribution in [2.75, 3.05) is 13.7 Å². The standard InChI is InChI=1S/C20H24N2O4/c1-13(2)15-9-8-14(3)18(10-15)26-12-19(23)22-21-11-16-6-5-7-17(25-4)20(16)24/h5-11,13,24H,12H2,1-4H3,(H,22,23). The second-order valence-electron chi connectivity index (χ2n) is 6.16. The number of amides is 1. The maximum absolute atomic E-state index is 11.9. The van der Waals surface area contributed by atoms with Crippen molar-refractivity contribution in [3.8, 4) is 17.2 Å². The first kappa shape index (κ1) is 19.3. The van der Waals surface area contributed by atoms with E-state index < -0.39 is 5.91 Å². The van der Waals surface area contributed by atoms with E-state index in [0.717, 1.165) is 11.1 Å². The van der Waals surface area contributed by atoms with E-state index in [1.165, 1.54) is 13.3 Å². The van der Waals surface area contributed by atoms with Gasteiger partial charge in [0.15, 0.2) is 18.1 Å². The summed E-state index contributed by atoms with van der Waals surface area (Å²) >= 11 is 0. The maximum Gasteiger partial charge on any atom is 0.277 e. The Bertz CT molecular complexity index is 800. The Morgan fingerprint density at radius 2 is 2.04 bits per heavy atom. The summed E-state index contributed by atoms with van der Waals surface area (Å²) in [6.07, 6.45) is 1.35. The van der Waals surface area contributed by atoms with Crippen molar-refractivity contribution in [3.63, 3.8) is 0 Å². The first-order valence-corrected chi connectivity index (χ1v) is 8.33. The number of aryl methyl sites for hydroxylation is 1. The van der Waals surface area contributed by atoms with Gasteiger partial charge in [0.25, 0.3) is 5.91 Å². The Morgan fingerprint density at radius 3 is 2.73 bits per heavy atom. The zero-order valence-corrected chi connectivity index (χ0v) is 15.4. The minimum Gasteiger partial charge on any atom is -0.504 e. The van der Waals surface area contributed by atoms with Crippen LogP contribution in [0, 0.1) is 6.92 Å². The van der Waals surface area contributed by atoms with E-state index in [9.17, 15) is 9.90 Å². The van der Waals surface area contributed by atoms with E-state index in [0.29, 0.717) is 23.0 Å². The van der Waals surface area contributed by atoms with Gasteiger partial charge in [0, 0.05) is 5.56 Å². The Kier molecular flexibility index (Phi) is 6.60. The van der Waals surface area contributed by atoms with Crippen LogP contribution in [0.3, 0.4) is 0 Å². The van der Waals surface area contributed by atoms with Gasteiger partial charge in [0.2, 0.25) is 0 Å². The van der Waals surface area contributed by atoms with Gasteiger partial charge in [-0.25, -0.2) is 5.43 Å². The number of aromatic hydroxyl groups is 1. The smallest absolute Gasteiger partial charge is 0.277 e. The number of methoxy groups -OCH3 is 1. The fourth-order valence-corrected chi connectivity index (χ4v) is 2.29. The van der Waals surface area contributed by atoms with Gasteiger partial charge in [0.1, 0.15) is 5.75 Å². The van der Waals surface area contributed by atoms with Crippen LogP contribution in [0.4, 0.5) is 0 Å². The highest BCUT2D eigenvalue weighted by molar-refractivity contribution is 5.86. The molecule has 0 spiro atoms. The average molecular weight is 356 g/mol. The number of phenolic OH excluding ortho intramolecular Hbond substituents is 1. The van der Waals surface area contributed by atoms with Crippen LogP contribution in [0.2, 0.25) is 0 Å². The number of nitrogens with zero attached hydrogens (tertiary/aromatic N) is 1. The Labute approximate surface area is 153 Å². The Balaban J connectivity index is 1.93. The fraction of sp³-hybridized carbons (Fsp3) is 0.300. The van der Waals surface area contributed by atoms with Crippen LogP contribution < -0.4 is 14.9 Å². The number of carbonyl (C=O) groups is 1. The zero-order chi connectivity index (χ0) is 19.1. The third kappa shape index (κ3) is 4.99. The predicted octanol–water partition coefficient (Wildman–Crippen LogP) is 3.36. The molecule has 26 heavy (non-hydrogen) atoms. The maximum atomic E-state index is 11.9. The van der Waals surface area contributed by atoms with Crippen molar-refractivity contribution in [3.05, 3.63) is 53.1 Å². The van der Waals surface area contributed by atoms with Crippen molar-refractivity contribution in [2.45, 2.75) is 26.7 Å². The number of benzene rings is 2. The average Bonchev–Trinajstić information content (AvgIpc) is 2.62. The lowest BCUT2D eigenvalue weighted by molar-refractivity contribution is -0.123. The largest absolute Gasteiger partial charge is 0.504 e. The molecule has 2 rings (SSSR count). The number of rotatable bonds is 7. The number of para-hydroxylation sites is 1. The molecule has 2 N–H and O–H groups in total. The number of nitrogens with one attached hydrogen (secondary N) is 1. The molecule has 0 saturated carbocycles. The van der Waals surface area contributed by atoms with Crippen molar-refractivity contribution in [1.82, 2.24) is 5.43 Å². The number of hydrogen-bond acceptors (Lipinski definition) is 5. The molecule has 138 valence electrons. The van der Waals surface area contributed by atoms with Crippen LogP contribution >= 0.6 is 0 Å². The quantitative estimate of drug-likeness (QED) is 0.589. The van der Waals surface area contributed by atoms with Gasteiger partial charge in [-0.1, -0.05) is 32.0 Å². The minimum absolute atomic E-state index is 0.0367. The summed E-state index contributed by atoms with van der Waals surface area (Å²) in [6.45, 7) is 5.98. The topological polar surface area (TPSA) is 80.2 Å². The van der Waals surface area contributed by atoms with Crippen LogP contribution in [0.1, 0.15) is 36.5 Å². The summed E-state index contributed by atoms with van der Waals surface area (Å²) in [6, 6.07) is 11.0. The van der Waals surface area contributed by atoms with Crippen molar-refractivity contribution in [2.24, 2.45) is 5.10 Å². The summed E-state index contributed by atoms with van der Waals surface area (Å²) in [7, 11) is 1.46. The molecule has 0 atom stereocenters. The lowest BCUT2D eigenvalue weighted by atomic mass is 10.0. The monoisotopic (exact) mass is 356 g/mol. The van der Waals surface area contributed by atoms with Crippen LogP contribution in [0.15, 0.2) is 41.5 Å². The van der Waals surface area contributed by atoms with Gasteiger partial charge in [-0.05, 0) is 42.2 Å². The summed E-state index contributed by atoms with van der Waals surface area (Å²) in [4.78, 5) is 11.9. The van der Waals surface area contributed by atoms with E-state index in [1.54, 1.807) is 18.2 Å². The van der Waals surface area contributed by atoms with E-state index in [4.69, 9.17) is 9.47 Å². The molecule has 2 aromatic carbocycles. The molecule has 1 amide bonds. The predicted molar refractivity (Wildman–Crippen MR) is 101 cm³/mol. The molecule has 2 aromatic rings. The van der Waals surface area contributed by atoms with Crippen LogP contribution in [-0.4, -0.2) is 30.9 Å². The Hall–Kier alpha value is -3.02. The van der Waals surface area contributed by atoms with E-state index in [2.05, 4.69) is 30.4 Å². The first-order chi connectivity index (χ1) is 12.4. The fourth-order valence-electron chi connectivity index (χ4n) is 2.29. The highest BCUT2D eigenvalue weighted by Gasteiger charge is 2.08. The highest BCUT2D eigenvalue weighted by atomic mass is 16.5. The number of carbonyl (C=O) groups excluding carboxylic acids is 1. The molecular weight excluding hydrogens is 332 g/mol. The van der Waals surface area contributed by atoms with Crippen LogP contribution in [0.25, 0.3) is 0 Å². The zero-order valence-electron chi connectivity index (χ0n) is 15.4. The molecule has 0 aromatic heterocycles. The molecule has 6 nitrogen and oxygen atoms in total. The number of hydrogen-bond donors (Lipinski definition) is 2. The van der Waals surface area contributed by atoms with Crippen molar-refractivity contribution >= 4 is 12.1 Å². The molecule has 0 heterocycles. The van der Waals surface area contributed by atoms with Crippen LogP contribution in [-0.2, 0) is 4.79 Å². The molecule has 0 bridgehead atoms. The molecule has 0 aliphatic rings. The molecule has 0 aliphatic heterocycles. The lowest BCUT2D eigenvalue weighted by Crippen LogP contribution is -2.24. The summed E-state index contributed by atoms with van der Waals surface area (Å²) < 4.78 is 10.6. The lowest BCUT2D eigenvalue weighted by Gasteiger charge is -2.12. The van der Waals surface area contributed by atoms with E-state index in [-0.39, 0.29) is 12.4 Å². The van der Waals surface area contributed by atoms with E-state index >= 15 is 0 Å². The van der Waals surface area contributed by atoms with Gasteiger partial charge in [-0.15, -0.1) is 0 Å². The number of ether oxygens (including phenoxy) is 2. The first-order valence-electron chi connectivity index (χ1n) is 8.33. The highest BCUT2D eigenvalue weighted by Crippen LogP contribution is 2.28. The number of hydrazone groups is 1. The minimum atomic E-state index is -0.391. The summed E-state index contributed by atoms with van der Waals surface area (Å²) in [5.74, 6) is 0.972. The third-order valence-corrected chi connectivity index (χ3v) is 3.88. The Morgan fingerprint density at radius 1 is 1.27 bits per heavy atom. The SMILES string of the molecule is COc1cccc(C=NNC(=O)COc2cc(C(C)C)ccc2C)c1O. The van der Waals surface area contributed by atoms with Gasteiger partial charge in [-0.3, -0.25) is 4.79 Å². The summed E-state index contributed by atoms with van der Waals surface area (Å²) in [5, 5.41) is 13.8. The van der Waals surface area contributed by atoms with Crippen molar-refractivity contribution in [1.29, 1.82) is 0 Å². The number of phenols is 1. The second kappa shape index (κ2) is 8.89. The molecule has 0 unspecified atom stereocenters. The van der Waals surface area contributed by atoms with Gasteiger partial charge >= 0.3 is 0 Å². The third-order valence-electron chi connectivity index (χ3n) is 3.88. The molecular formula is C20H24N2O4. The van der Waals surface area contributed by atoms with E-state index in [1.807, 2.05) is 19.1 Å². The normalized spacial score (nSPS) is 11.0.